The lowest BCUT2D eigenvalue weighted by molar-refractivity contribution is -0.161. The number of aromatic amines is 1. The Morgan fingerprint density at radius 3 is 2.54 bits per heavy atom. The standard InChI is InChI=1S/C16H18N2O10/c1-8(20)5-12(23)25-6-10-13(26-7-19)14(27-9(2)21)15(28-10)18-4-3-11(22)17-16(18)24/h3-4,7,10,13-15H,5-6H2,1-2H3,(H,17,22,24). The molecule has 2 heterocycles. The molecule has 1 aromatic rings. The third-order valence-electron chi connectivity index (χ3n) is 3.73. The highest BCUT2D eigenvalue weighted by atomic mass is 16.7. The van der Waals surface area contributed by atoms with E-state index < -0.39 is 66.5 Å². The van der Waals surface area contributed by atoms with Crippen LogP contribution in [0.1, 0.15) is 26.5 Å². The molecule has 4 unspecified atom stereocenters. The molecule has 1 aromatic heterocycles. The maximum Gasteiger partial charge on any atom is 0.330 e. The Balaban J connectivity index is 2.30. The monoisotopic (exact) mass is 398 g/mol. The van der Waals surface area contributed by atoms with Crippen molar-refractivity contribution < 1.29 is 38.1 Å². The van der Waals surface area contributed by atoms with E-state index in [1.54, 1.807) is 0 Å². The molecular formula is C16H18N2O10. The lowest BCUT2D eigenvalue weighted by Crippen LogP contribution is -2.41. The summed E-state index contributed by atoms with van der Waals surface area (Å²) >= 11 is 0. The van der Waals surface area contributed by atoms with Crippen LogP contribution >= 0.6 is 0 Å². The van der Waals surface area contributed by atoms with Crippen molar-refractivity contribution in [1.29, 1.82) is 0 Å². The van der Waals surface area contributed by atoms with Crippen molar-refractivity contribution in [2.45, 2.75) is 44.8 Å². The smallest absolute Gasteiger partial charge is 0.330 e. The second-order valence-electron chi connectivity index (χ2n) is 5.92. The average molecular weight is 398 g/mol. The van der Waals surface area contributed by atoms with Crippen LogP contribution in [0, 0.1) is 0 Å². The molecule has 0 spiro atoms. The van der Waals surface area contributed by atoms with Crippen LogP contribution in [0.2, 0.25) is 0 Å². The number of Topliss-reactive ketones (excluding diaryl/α,β-unsaturated/α-hetero) is 1. The van der Waals surface area contributed by atoms with Gasteiger partial charge in [-0.15, -0.1) is 0 Å². The van der Waals surface area contributed by atoms with Gasteiger partial charge in [0.1, 0.15) is 24.9 Å². The first-order valence-electron chi connectivity index (χ1n) is 8.11. The molecule has 0 amide bonds. The van der Waals surface area contributed by atoms with E-state index >= 15 is 0 Å². The summed E-state index contributed by atoms with van der Waals surface area (Å²) in [6, 6.07) is 1.05. The van der Waals surface area contributed by atoms with Gasteiger partial charge in [-0.3, -0.25) is 33.5 Å². The second kappa shape index (κ2) is 9.08. The highest BCUT2D eigenvalue weighted by Gasteiger charge is 2.50. The summed E-state index contributed by atoms with van der Waals surface area (Å²) in [5, 5.41) is 0. The Labute approximate surface area is 157 Å². The second-order valence-corrected chi connectivity index (χ2v) is 5.92. The third-order valence-corrected chi connectivity index (χ3v) is 3.73. The minimum atomic E-state index is -1.27. The quantitative estimate of drug-likeness (QED) is 0.234. The first-order valence-corrected chi connectivity index (χ1v) is 8.11. The summed E-state index contributed by atoms with van der Waals surface area (Å²) in [5.41, 5.74) is -1.51. The molecule has 4 atom stereocenters. The SMILES string of the molecule is CC(=O)CC(=O)OCC1OC(n2ccc(=O)[nH]c2=O)C(OC(C)=O)C1OC=O. The Morgan fingerprint density at radius 1 is 1.25 bits per heavy atom. The molecule has 0 radical (unpaired) electrons. The third kappa shape index (κ3) is 5.13. The lowest BCUT2D eigenvalue weighted by atomic mass is 10.1. The molecule has 0 aliphatic carbocycles. The van der Waals surface area contributed by atoms with Crippen molar-refractivity contribution in [3.63, 3.8) is 0 Å². The molecule has 0 saturated carbocycles. The van der Waals surface area contributed by atoms with E-state index in [9.17, 15) is 28.8 Å². The molecule has 1 fully saturated rings. The molecule has 12 heteroatoms. The van der Waals surface area contributed by atoms with Crippen molar-refractivity contribution in [2.75, 3.05) is 6.61 Å². The largest absolute Gasteiger partial charge is 0.462 e. The first-order chi connectivity index (χ1) is 13.2. The molecule has 28 heavy (non-hydrogen) atoms. The van der Waals surface area contributed by atoms with E-state index in [1.165, 1.54) is 6.92 Å². The summed E-state index contributed by atoms with van der Waals surface area (Å²) in [4.78, 5) is 70.3. The van der Waals surface area contributed by atoms with Gasteiger partial charge in [0.25, 0.3) is 12.0 Å². The minimum Gasteiger partial charge on any atom is -0.462 e. The van der Waals surface area contributed by atoms with E-state index in [0.717, 1.165) is 23.8 Å². The van der Waals surface area contributed by atoms with E-state index in [4.69, 9.17) is 18.9 Å². The van der Waals surface area contributed by atoms with Gasteiger partial charge in [0.05, 0.1) is 0 Å². The van der Waals surface area contributed by atoms with Crippen molar-refractivity contribution in [3.05, 3.63) is 33.1 Å². The van der Waals surface area contributed by atoms with Crippen molar-refractivity contribution in [1.82, 2.24) is 9.55 Å². The molecule has 1 aliphatic rings. The topological polar surface area (TPSA) is 160 Å². The van der Waals surface area contributed by atoms with Crippen LogP contribution in [-0.2, 0) is 38.1 Å². The van der Waals surface area contributed by atoms with Crippen LogP contribution < -0.4 is 11.2 Å². The average Bonchev–Trinajstić information content (AvgIpc) is 2.90. The predicted molar refractivity (Wildman–Crippen MR) is 88.0 cm³/mol. The van der Waals surface area contributed by atoms with Gasteiger partial charge in [0.15, 0.2) is 18.4 Å². The number of carbonyl (C=O) groups excluding carboxylic acids is 4. The van der Waals surface area contributed by atoms with Crippen molar-refractivity contribution in [3.8, 4) is 0 Å². The molecule has 152 valence electrons. The van der Waals surface area contributed by atoms with Gasteiger partial charge >= 0.3 is 17.6 Å². The van der Waals surface area contributed by atoms with E-state index in [1.807, 2.05) is 4.98 Å². The molecule has 1 aliphatic heterocycles. The summed E-state index contributed by atoms with van der Waals surface area (Å²) in [7, 11) is 0. The van der Waals surface area contributed by atoms with Crippen molar-refractivity contribution >= 4 is 24.2 Å². The summed E-state index contributed by atoms with van der Waals surface area (Å²) in [6.45, 7) is 1.97. The fourth-order valence-corrected chi connectivity index (χ4v) is 2.67. The fourth-order valence-electron chi connectivity index (χ4n) is 2.67. The number of hydrogen-bond acceptors (Lipinski definition) is 10. The number of carbonyl (C=O) groups is 4. The van der Waals surface area contributed by atoms with Gasteiger partial charge in [0, 0.05) is 19.2 Å². The van der Waals surface area contributed by atoms with Crippen LogP contribution in [0.4, 0.5) is 0 Å². The van der Waals surface area contributed by atoms with E-state index in [-0.39, 0.29) is 6.47 Å². The number of nitrogens with one attached hydrogen (secondary N) is 1. The van der Waals surface area contributed by atoms with Gasteiger partial charge in [-0.05, 0) is 6.92 Å². The van der Waals surface area contributed by atoms with Gasteiger partial charge in [-0.1, -0.05) is 0 Å². The Bertz CT molecular complexity index is 873. The number of aromatic nitrogens is 2. The maximum atomic E-state index is 12.1. The number of ketones is 1. The number of rotatable bonds is 8. The Kier molecular flexibility index (Phi) is 6.82. The van der Waals surface area contributed by atoms with Gasteiger partial charge in [0.2, 0.25) is 0 Å². The van der Waals surface area contributed by atoms with Crippen LogP contribution in [0.3, 0.4) is 0 Å². The van der Waals surface area contributed by atoms with Crippen molar-refractivity contribution in [2.24, 2.45) is 0 Å². The zero-order chi connectivity index (χ0) is 20.8. The number of hydrogen-bond donors (Lipinski definition) is 1. The summed E-state index contributed by atoms with van der Waals surface area (Å²) in [6.07, 6.45) is -4.19. The van der Waals surface area contributed by atoms with Crippen LogP contribution in [0.25, 0.3) is 0 Å². The summed E-state index contributed by atoms with van der Waals surface area (Å²) < 4.78 is 21.6. The zero-order valence-electron chi connectivity index (χ0n) is 15.0. The number of esters is 2. The van der Waals surface area contributed by atoms with E-state index in [0.29, 0.717) is 0 Å². The first kappa shape index (κ1) is 21.0. The highest BCUT2D eigenvalue weighted by molar-refractivity contribution is 5.94. The molecule has 0 bridgehead atoms. The molecule has 0 aromatic carbocycles. The molecule has 12 nitrogen and oxygen atoms in total. The molecular weight excluding hydrogens is 380 g/mol. The normalized spacial score (nSPS) is 23.6. The van der Waals surface area contributed by atoms with E-state index in [2.05, 4.69) is 0 Å². The Morgan fingerprint density at radius 2 is 1.96 bits per heavy atom. The van der Waals surface area contributed by atoms with Crippen LogP contribution in [0.15, 0.2) is 21.9 Å². The van der Waals surface area contributed by atoms with Gasteiger partial charge < -0.3 is 18.9 Å². The zero-order valence-corrected chi connectivity index (χ0v) is 15.0. The highest BCUT2D eigenvalue weighted by Crippen LogP contribution is 2.33. The maximum absolute atomic E-state index is 12.1. The van der Waals surface area contributed by atoms with Crippen LogP contribution in [0.5, 0.6) is 0 Å². The number of H-pyrrole nitrogens is 1. The summed E-state index contributed by atoms with van der Waals surface area (Å²) in [5.74, 6) is -1.98. The number of nitrogens with zero attached hydrogens (tertiary/aromatic N) is 1. The molecule has 1 saturated heterocycles. The predicted octanol–water partition coefficient (Wildman–Crippen LogP) is -1.57. The number of ether oxygens (including phenoxy) is 4. The van der Waals surface area contributed by atoms with Crippen LogP contribution in [-0.4, -0.2) is 58.7 Å². The lowest BCUT2D eigenvalue weighted by Gasteiger charge is -2.22. The minimum absolute atomic E-state index is 0.0902. The van der Waals surface area contributed by atoms with Gasteiger partial charge in [-0.2, -0.15) is 0 Å². The molecule has 2 rings (SSSR count). The molecule has 1 N–H and O–H groups in total. The Hall–Kier alpha value is -3.28. The van der Waals surface area contributed by atoms with Gasteiger partial charge in [-0.25, -0.2) is 4.79 Å². The fraction of sp³-hybridized carbons (Fsp3) is 0.500.